The number of H-pyrrole nitrogens is 1. The molecule has 10 heteroatoms. The van der Waals surface area contributed by atoms with Crippen LogP contribution in [0.1, 0.15) is 34.3 Å². The third-order valence-corrected chi connectivity index (χ3v) is 6.87. The number of benzene rings is 1. The second-order valence-electron chi connectivity index (χ2n) is 7.23. The Morgan fingerprint density at radius 2 is 2.06 bits per heavy atom. The number of pyridine rings is 1. The van der Waals surface area contributed by atoms with Crippen molar-refractivity contribution in [1.82, 2.24) is 15.3 Å². The minimum Gasteiger partial charge on any atom is -0.393 e. The van der Waals surface area contributed by atoms with Gasteiger partial charge in [0.05, 0.1) is 10.8 Å². The van der Waals surface area contributed by atoms with Crippen LogP contribution in [0.3, 0.4) is 0 Å². The van der Waals surface area contributed by atoms with Gasteiger partial charge in [0.2, 0.25) is 10.0 Å². The number of nitrogens with one attached hydrogen (secondary N) is 4. The van der Waals surface area contributed by atoms with E-state index in [4.69, 9.17) is 5.41 Å². The van der Waals surface area contributed by atoms with E-state index in [0.717, 1.165) is 12.3 Å². The zero-order chi connectivity index (χ0) is 22.2. The number of aromatic amines is 1. The maximum absolute atomic E-state index is 14.5. The minimum absolute atomic E-state index is 0.137. The van der Waals surface area contributed by atoms with Crippen molar-refractivity contribution in [2.45, 2.75) is 18.1 Å². The number of hydrogen-bond donors (Lipinski definition) is 4. The first-order valence-corrected chi connectivity index (χ1v) is 11.1. The summed E-state index contributed by atoms with van der Waals surface area (Å²) < 4.78 is 41.3. The van der Waals surface area contributed by atoms with Crippen LogP contribution in [0, 0.1) is 11.2 Å². The molecule has 0 spiro atoms. The molecule has 0 bridgehead atoms. The first-order chi connectivity index (χ1) is 14.8. The monoisotopic (exact) mass is 441 g/mol. The van der Waals surface area contributed by atoms with Crippen LogP contribution in [0.15, 0.2) is 42.9 Å². The normalized spacial score (nSPS) is 14.5. The Labute approximate surface area is 178 Å². The number of nitrogens with zero attached hydrogens (tertiary/aromatic N) is 1. The van der Waals surface area contributed by atoms with Gasteiger partial charge in [-0.25, -0.2) is 17.8 Å². The Morgan fingerprint density at radius 3 is 2.74 bits per heavy atom. The summed E-state index contributed by atoms with van der Waals surface area (Å²) in [6.45, 7) is 0. The quantitative estimate of drug-likeness (QED) is 0.316. The SMILES string of the molecule is CN/C=C(\C=N)c1cnc2[nH]cc(C(=O)c3cc(NS(=O)(=O)C4CC4)ccc3F)c2c1. The highest BCUT2D eigenvalue weighted by Crippen LogP contribution is 2.31. The van der Waals surface area contributed by atoms with Crippen molar-refractivity contribution in [2.24, 2.45) is 0 Å². The molecule has 1 aliphatic carbocycles. The van der Waals surface area contributed by atoms with Gasteiger partial charge in [-0.15, -0.1) is 0 Å². The molecule has 3 aromatic rings. The molecule has 1 fully saturated rings. The van der Waals surface area contributed by atoms with Gasteiger partial charge in [-0.2, -0.15) is 0 Å². The van der Waals surface area contributed by atoms with Crippen LogP contribution in [-0.4, -0.2) is 42.7 Å². The standard InChI is InChI=1S/C21H20FN5O3S/c1-24-9-13(8-23)12-6-16-18(11-26-21(16)25-10-12)20(28)17-7-14(2-5-19(17)22)27-31(29,30)15-3-4-15/h2,5-11,15,23-24,27H,3-4H2,1H3,(H,25,26)/b13-9+,23-8?. The number of carbonyl (C=O) groups excluding carboxylic acids is 1. The summed E-state index contributed by atoms with van der Waals surface area (Å²) in [5.41, 5.74) is 1.68. The van der Waals surface area contributed by atoms with E-state index in [1.54, 1.807) is 25.5 Å². The lowest BCUT2D eigenvalue weighted by molar-refractivity contribution is 0.103. The molecule has 4 rings (SSSR count). The first-order valence-electron chi connectivity index (χ1n) is 9.55. The van der Waals surface area contributed by atoms with E-state index in [1.807, 2.05) is 0 Å². The molecule has 0 atom stereocenters. The van der Waals surface area contributed by atoms with Crippen molar-refractivity contribution in [2.75, 3.05) is 11.8 Å². The summed E-state index contributed by atoms with van der Waals surface area (Å²) in [5.74, 6) is -1.36. The highest BCUT2D eigenvalue weighted by atomic mass is 32.2. The summed E-state index contributed by atoms with van der Waals surface area (Å²) in [6, 6.07) is 5.26. The van der Waals surface area contributed by atoms with Gasteiger partial charge in [-0.1, -0.05) is 0 Å². The molecular weight excluding hydrogens is 421 g/mol. The van der Waals surface area contributed by atoms with Crippen LogP contribution in [0.2, 0.25) is 0 Å². The van der Waals surface area contributed by atoms with E-state index in [2.05, 4.69) is 20.0 Å². The number of halogens is 1. The molecule has 8 nitrogen and oxygen atoms in total. The first kappa shape index (κ1) is 20.7. The molecular formula is C21H20FN5O3S. The summed E-state index contributed by atoms with van der Waals surface area (Å²) in [4.78, 5) is 20.3. The van der Waals surface area contributed by atoms with Crippen LogP contribution in [0.4, 0.5) is 10.1 Å². The van der Waals surface area contributed by atoms with Crippen molar-refractivity contribution in [3.8, 4) is 0 Å². The number of aromatic nitrogens is 2. The van der Waals surface area contributed by atoms with Gasteiger partial charge in [0.1, 0.15) is 11.5 Å². The average molecular weight is 441 g/mol. The maximum atomic E-state index is 14.5. The molecule has 0 unspecified atom stereocenters. The third-order valence-electron chi connectivity index (χ3n) is 5.00. The summed E-state index contributed by atoms with van der Waals surface area (Å²) in [6.07, 6.45) is 6.96. The molecule has 1 aliphatic rings. The molecule has 4 N–H and O–H groups in total. The molecule has 160 valence electrons. The zero-order valence-electron chi connectivity index (χ0n) is 16.6. The lowest BCUT2D eigenvalue weighted by atomic mass is 10.0. The van der Waals surface area contributed by atoms with Crippen LogP contribution in [0.25, 0.3) is 16.6 Å². The lowest BCUT2D eigenvalue weighted by Gasteiger charge is -2.09. The smallest absolute Gasteiger partial charge is 0.235 e. The largest absolute Gasteiger partial charge is 0.393 e. The zero-order valence-corrected chi connectivity index (χ0v) is 17.4. The van der Waals surface area contributed by atoms with E-state index >= 15 is 0 Å². The fraction of sp³-hybridized carbons (Fsp3) is 0.190. The number of fused-ring (bicyclic) bond motifs is 1. The van der Waals surface area contributed by atoms with Gasteiger partial charge < -0.3 is 15.7 Å². The summed E-state index contributed by atoms with van der Waals surface area (Å²) >= 11 is 0. The van der Waals surface area contributed by atoms with Crippen LogP contribution >= 0.6 is 0 Å². The van der Waals surface area contributed by atoms with E-state index in [9.17, 15) is 17.6 Å². The van der Waals surface area contributed by atoms with E-state index in [-0.39, 0.29) is 16.8 Å². The number of ketones is 1. The Morgan fingerprint density at radius 1 is 1.29 bits per heavy atom. The molecule has 0 aliphatic heterocycles. The molecule has 1 aromatic carbocycles. The third kappa shape index (κ3) is 4.06. The van der Waals surface area contributed by atoms with Crippen molar-refractivity contribution in [3.05, 3.63) is 65.4 Å². The van der Waals surface area contributed by atoms with E-state index in [1.165, 1.54) is 18.3 Å². The van der Waals surface area contributed by atoms with Crippen LogP contribution in [-0.2, 0) is 10.0 Å². The fourth-order valence-corrected chi connectivity index (χ4v) is 4.63. The molecule has 1 saturated carbocycles. The molecule has 0 amide bonds. The molecule has 2 heterocycles. The second kappa shape index (κ2) is 7.95. The maximum Gasteiger partial charge on any atom is 0.235 e. The van der Waals surface area contributed by atoms with Crippen molar-refractivity contribution < 1.29 is 17.6 Å². The van der Waals surface area contributed by atoms with E-state index < -0.39 is 26.9 Å². The van der Waals surface area contributed by atoms with Gasteiger partial charge in [-0.05, 0) is 37.1 Å². The molecule has 0 radical (unpaired) electrons. The Bertz CT molecular complexity index is 1330. The Kier molecular flexibility index (Phi) is 5.32. The molecule has 0 saturated heterocycles. The fourth-order valence-electron chi connectivity index (χ4n) is 3.25. The van der Waals surface area contributed by atoms with Crippen LogP contribution in [0.5, 0.6) is 0 Å². The number of anilines is 1. The van der Waals surface area contributed by atoms with Gasteiger partial charge in [0, 0.05) is 59.6 Å². The average Bonchev–Trinajstić information content (AvgIpc) is 3.53. The van der Waals surface area contributed by atoms with Gasteiger partial charge in [0.25, 0.3) is 0 Å². The van der Waals surface area contributed by atoms with Crippen molar-refractivity contribution in [1.29, 1.82) is 5.41 Å². The van der Waals surface area contributed by atoms with Crippen molar-refractivity contribution in [3.63, 3.8) is 0 Å². The topological polar surface area (TPSA) is 128 Å². The number of allylic oxidation sites excluding steroid dienone is 1. The minimum atomic E-state index is -3.54. The summed E-state index contributed by atoms with van der Waals surface area (Å²) in [7, 11) is -1.84. The van der Waals surface area contributed by atoms with Gasteiger partial charge in [0.15, 0.2) is 5.78 Å². The highest BCUT2D eigenvalue weighted by molar-refractivity contribution is 7.93. The highest BCUT2D eigenvalue weighted by Gasteiger charge is 2.35. The van der Waals surface area contributed by atoms with Crippen molar-refractivity contribution >= 4 is 44.3 Å². The second-order valence-corrected chi connectivity index (χ2v) is 9.19. The van der Waals surface area contributed by atoms with E-state index in [0.29, 0.717) is 35.0 Å². The number of sulfonamides is 1. The predicted molar refractivity (Wildman–Crippen MR) is 117 cm³/mol. The number of hydrogen-bond acceptors (Lipinski definition) is 6. The van der Waals surface area contributed by atoms with Gasteiger partial charge >= 0.3 is 0 Å². The van der Waals surface area contributed by atoms with Crippen LogP contribution < -0.4 is 10.0 Å². The predicted octanol–water partition coefficient (Wildman–Crippen LogP) is 3.05. The van der Waals surface area contributed by atoms with Gasteiger partial charge in [-0.3, -0.25) is 9.52 Å². The summed E-state index contributed by atoms with van der Waals surface area (Å²) in [5, 5.41) is 10.4. The number of carbonyl (C=O) groups is 1. The molecule has 2 aromatic heterocycles. The number of rotatable bonds is 8. The molecule has 31 heavy (non-hydrogen) atoms. The Hall–Kier alpha value is -3.53. The lowest BCUT2D eigenvalue weighted by Crippen LogP contribution is -2.18. The Balaban J connectivity index is 1.73.